The number of hydrogen-bond acceptors (Lipinski definition) is 2. The minimum absolute atomic E-state index is 0.0126. The van der Waals surface area contributed by atoms with Crippen LogP contribution in [0.15, 0.2) is 36.4 Å². The maximum atomic E-state index is 13.6. The molecule has 0 saturated heterocycles. The second kappa shape index (κ2) is 5.87. The van der Waals surface area contributed by atoms with E-state index in [1.54, 1.807) is 12.1 Å². The van der Waals surface area contributed by atoms with Gasteiger partial charge in [0.15, 0.2) is 17.3 Å². The van der Waals surface area contributed by atoms with Gasteiger partial charge in [-0.3, -0.25) is 4.79 Å². The summed E-state index contributed by atoms with van der Waals surface area (Å²) in [6.45, 7) is 3.91. The van der Waals surface area contributed by atoms with Crippen LogP contribution in [0.25, 0.3) is 0 Å². The Hall–Kier alpha value is -2.16. The maximum Gasteiger partial charge on any atom is 0.167 e. The molecule has 2 nitrogen and oxygen atoms in total. The molecule has 3 heteroatoms. The number of carbonyl (C=O) groups excluding carboxylic acids is 1. The highest BCUT2D eigenvalue weighted by Gasteiger charge is 2.10. The number of ether oxygens (including phenoxy) is 1. The van der Waals surface area contributed by atoms with Crippen LogP contribution >= 0.6 is 0 Å². The fraction of sp³-hybridized carbons (Fsp3) is 0.235. The maximum absolute atomic E-state index is 13.6. The Balaban J connectivity index is 2.21. The van der Waals surface area contributed by atoms with E-state index in [0.717, 1.165) is 11.1 Å². The molecule has 0 radical (unpaired) electrons. The Labute approximate surface area is 118 Å². The highest BCUT2D eigenvalue weighted by Crippen LogP contribution is 2.19. The summed E-state index contributed by atoms with van der Waals surface area (Å²) < 4.78 is 18.5. The van der Waals surface area contributed by atoms with Gasteiger partial charge in [0.25, 0.3) is 0 Å². The number of benzene rings is 2. The van der Waals surface area contributed by atoms with E-state index in [2.05, 4.69) is 0 Å². The number of aryl methyl sites for hydroxylation is 2. The molecule has 104 valence electrons. The van der Waals surface area contributed by atoms with Gasteiger partial charge in [0.2, 0.25) is 0 Å². The quantitative estimate of drug-likeness (QED) is 0.790. The molecule has 2 aromatic carbocycles. The van der Waals surface area contributed by atoms with Crippen molar-refractivity contribution >= 4 is 5.78 Å². The first-order valence-corrected chi connectivity index (χ1v) is 6.43. The van der Waals surface area contributed by atoms with Crippen molar-refractivity contribution in [2.24, 2.45) is 0 Å². The molecule has 0 spiro atoms. The Kier molecular flexibility index (Phi) is 4.18. The van der Waals surface area contributed by atoms with Crippen molar-refractivity contribution in [1.82, 2.24) is 0 Å². The summed E-state index contributed by atoms with van der Waals surface area (Å²) in [4.78, 5) is 12.2. The first kappa shape index (κ1) is 14.3. The van der Waals surface area contributed by atoms with Crippen LogP contribution in [0.2, 0.25) is 0 Å². The third kappa shape index (κ3) is 3.23. The molecule has 0 aliphatic carbocycles. The van der Waals surface area contributed by atoms with Gasteiger partial charge >= 0.3 is 0 Å². The van der Waals surface area contributed by atoms with E-state index in [4.69, 9.17) is 4.74 Å². The highest BCUT2D eigenvalue weighted by molar-refractivity contribution is 5.97. The lowest BCUT2D eigenvalue weighted by molar-refractivity contribution is 0.0992. The van der Waals surface area contributed by atoms with Crippen LogP contribution in [0.3, 0.4) is 0 Å². The smallest absolute Gasteiger partial charge is 0.167 e. The summed E-state index contributed by atoms with van der Waals surface area (Å²) >= 11 is 0. The van der Waals surface area contributed by atoms with Gasteiger partial charge in [-0.1, -0.05) is 23.3 Å². The molecular weight excluding hydrogens is 255 g/mol. The lowest BCUT2D eigenvalue weighted by Gasteiger charge is -2.06. The summed E-state index contributed by atoms with van der Waals surface area (Å²) in [5.41, 5.74) is 3.41. The van der Waals surface area contributed by atoms with Crippen molar-refractivity contribution in [2.45, 2.75) is 20.3 Å². The monoisotopic (exact) mass is 272 g/mol. The van der Waals surface area contributed by atoms with Crippen LogP contribution in [0.1, 0.15) is 27.0 Å². The normalized spacial score (nSPS) is 10.4. The number of carbonyl (C=O) groups is 1. The lowest BCUT2D eigenvalue weighted by atomic mass is 9.99. The van der Waals surface area contributed by atoms with Crippen LogP contribution in [0, 0.1) is 19.7 Å². The predicted molar refractivity (Wildman–Crippen MR) is 76.9 cm³/mol. The molecular formula is C17H17FO2. The molecule has 0 heterocycles. The Morgan fingerprint density at radius 1 is 1.10 bits per heavy atom. The Bertz CT molecular complexity index is 627. The Morgan fingerprint density at radius 2 is 1.75 bits per heavy atom. The van der Waals surface area contributed by atoms with Crippen LogP contribution < -0.4 is 4.74 Å². The fourth-order valence-electron chi connectivity index (χ4n) is 2.24. The second-order valence-electron chi connectivity index (χ2n) is 4.95. The summed E-state index contributed by atoms with van der Waals surface area (Å²) in [6.07, 6.45) is 0.184. The van der Waals surface area contributed by atoms with E-state index in [1.165, 1.54) is 13.2 Å². The average molecular weight is 272 g/mol. The number of rotatable bonds is 4. The highest BCUT2D eigenvalue weighted by atomic mass is 19.1. The third-order valence-corrected chi connectivity index (χ3v) is 3.12. The van der Waals surface area contributed by atoms with E-state index in [1.807, 2.05) is 32.0 Å². The third-order valence-electron chi connectivity index (χ3n) is 3.12. The summed E-state index contributed by atoms with van der Waals surface area (Å²) in [5.74, 6) is -0.271. The number of ketones is 1. The molecule has 0 aliphatic rings. The van der Waals surface area contributed by atoms with Crippen molar-refractivity contribution in [3.05, 3.63) is 64.5 Å². The average Bonchev–Trinajstić information content (AvgIpc) is 2.37. The molecule has 0 bridgehead atoms. The molecule has 0 atom stereocenters. The van der Waals surface area contributed by atoms with Gasteiger partial charge < -0.3 is 4.74 Å². The summed E-state index contributed by atoms with van der Waals surface area (Å²) in [7, 11) is 1.42. The van der Waals surface area contributed by atoms with Crippen molar-refractivity contribution in [2.75, 3.05) is 7.11 Å². The predicted octanol–water partition coefficient (Wildman–Crippen LogP) is 3.88. The van der Waals surface area contributed by atoms with Gasteiger partial charge in [0.1, 0.15) is 0 Å². The molecule has 2 aromatic rings. The second-order valence-corrected chi connectivity index (χ2v) is 4.95. The fourth-order valence-corrected chi connectivity index (χ4v) is 2.24. The standard InChI is InChI=1S/C17H17FO2/c1-11-6-12(2)8-14(7-11)16(19)10-13-4-5-17(20-3)15(18)9-13/h4-9H,10H2,1-3H3. The largest absolute Gasteiger partial charge is 0.494 e. The van der Waals surface area contributed by atoms with E-state index < -0.39 is 5.82 Å². The number of hydrogen-bond donors (Lipinski definition) is 0. The van der Waals surface area contributed by atoms with Crippen molar-refractivity contribution in [3.8, 4) is 5.75 Å². The lowest BCUT2D eigenvalue weighted by Crippen LogP contribution is -2.05. The van der Waals surface area contributed by atoms with E-state index in [-0.39, 0.29) is 18.0 Å². The molecule has 20 heavy (non-hydrogen) atoms. The molecule has 0 amide bonds. The molecule has 0 unspecified atom stereocenters. The van der Waals surface area contributed by atoms with E-state index in [9.17, 15) is 9.18 Å². The van der Waals surface area contributed by atoms with Crippen molar-refractivity contribution in [1.29, 1.82) is 0 Å². The van der Waals surface area contributed by atoms with E-state index >= 15 is 0 Å². The summed E-state index contributed by atoms with van der Waals surface area (Å²) in [5, 5.41) is 0. The van der Waals surface area contributed by atoms with Gasteiger partial charge in [0, 0.05) is 12.0 Å². The van der Waals surface area contributed by atoms with E-state index in [0.29, 0.717) is 11.1 Å². The zero-order valence-electron chi connectivity index (χ0n) is 11.9. The number of methoxy groups -OCH3 is 1. The molecule has 2 rings (SSSR count). The molecule has 0 aromatic heterocycles. The van der Waals surface area contributed by atoms with Crippen molar-refractivity contribution < 1.29 is 13.9 Å². The van der Waals surface area contributed by atoms with Crippen LogP contribution in [-0.2, 0) is 6.42 Å². The molecule has 0 fully saturated rings. The van der Waals surface area contributed by atoms with Crippen LogP contribution in [0.4, 0.5) is 4.39 Å². The van der Waals surface area contributed by atoms with Gasteiger partial charge in [-0.15, -0.1) is 0 Å². The number of Topliss-reactive ketones (excluding diaryl/α,β-unsaturated/α-hetero) is 1. The first-order valence-electron chi connectivity index (χ1n) is 6.43. The first-order chi connectivity index (χ1) is 9.49. The molecule has 0 aliphatic heterocycles. The van der Waals surface area contributed by atoms with Crippen LogP contribution in [-0.4, -0.2) is 12.9 Å². The zero-order chi connectivity index (χ0) is 14.7. The zero-order valence-corrected chi connectivity index (χ0v) is 11.9. The SMILES string of the molecule is COc1ccc(CC(=O)c2cc(C)cc(C)c2)cc1F. The van der Waals surface area contributed by atoms with Gasteiger partial charge in [0.05, 0.1) is 7.11 Å². The van der Waals surface area contributed by atoms with Gasteiger partial charge in [-0.25, -0.2) is 4.39 Å². The van der Waals surface area contributed by atoms with Crippen LogP contribution in [0.5, 0.6) is 5.75 Å². The molecule has 0 saturated carbocycles. The minimum atomic E-state index is -0.446. The Morgan fingerprint density at radius 3 is 2.30 bits per heavy atom. The van der Waals surface area contributed by atoms with Crippen molar-refractivity contribution in [3.63, 3.8) is 0 Å². The summed E-state index contributed by atoms with van der Waals surface area (Å²) in [6, 6.07) is 10.3. The minimum Gasteiger partial charge on any atom is -0.494 e. The van der Waals surface area contributed by atoms with Gasteiger partial charge in [-0.2, -0.15) is 0 Å². The molecule has 0 N–H and O–H groups in total. The van der Waals surface area contributed by atoms with Gasteiger partial charge in [-0.05, 0) is 43.7 Å². The number of halogens is 1. The topological polar surface area (TPSA) is 26.3 Å².